The average Bonchev–Trinajstić information content (AvgIpc) is 2.27. The highest BCUT2D eigenvalue weighted by molar-refractivity contribution is 6.30. The zero-order valence-corrected chi connectivity index (χ0v) is 10.5. The van der Waals surface area contributed by atoms with E-state index in [1.807, 2.05) is 0 Å². The van der Waals surface area contributed by atoms with E-state index in [2.05, 4.69) is 4.74 Å². The predicted octanol–water partition coefficient (Wildman–Crippen LogP) is 1.94. The summed E-state index contributed by atoms with van der Waals surface area (Å²) in [6.07, 6.45) is 0. The van der Waals surface area contributed by atoms with Crippen LogP contribution >= 0.6 is 24.0 Å². The summed E-state index contributed by atoms with van der Waals surface area (Å²) in [6.45, 7) is 0. The third-order valence-electron chi connectivity index (χ3n) is 1.98. The fourth-order valence-electron chi connectivity index (χ4n) is 1.20. The number of hydrogen-bond donors (Lipinski definition) is 1. The van der Waals surface area contributed by atoms with E-state index in [1.54, 1.807) is 18.2 Å². The van der Waals surface area contributed by atoms with Crippen molar-refractivity contribution in [3.05, 3.63) is 28.8 Å². The lowest BCUT2D eigenvalue weighted by atomic mass is 10.1. The molecule has 1 aromatic carbocycles. The van der Waals surface area contributed by atoms with Crippen molar-refractivity contribution in [3.63, 3.8) is 0 Å². The fraction of sp³-hybridized carbons (Fsp3) is 0.300. The number of rotatable bonds is 3. The molecule has 0 saturated carbocycles. The molecule has 4 nitrogen and oxygen atoms in total. The minimum Gasteiger partial charge on any atom is -0.496 e. The molecule has 2 N–H and O–H groups in total. The van der Waals surface area contributed by atoms with E-state index in [0.29, 0.717) is 16.3 Å². The zero-order valence-electron chi connectivity index (χ0n) is 8.90. The summed E-state index contributed by atoms with van der Waals surface area (Å²) in [5.74, 6) is -0.0205. The van der Waals surface area contributed by atoms with Crippen molar-refractivity contribution in [1.29, 1.82) is 0 Å². The highest BCUT2D eigenvalue weighted by Gasteiger charge is 2.20. The maximum Gasteiger partial charge on any atom is 0.327 e. The number of ether oxygens (including phenoxy) is 2. The van der Waals surface area contributed by atoms with Crippen molar-refractivity contribution in [2.24, 2.45) is 5.73 Å². The number of carbonyl (C=O) groups is 1. The Morgan fingerprint density at radius 3 is 2.56 bits per heavy atom. The summed E-state index contributed by atoms with van der Waals surface area (Å²) in [7, 11) is 2.77. The van der Waals surface area contributed by atoms with E-state index in [4.69, 9.17) is 22.1 Å². The Balaban J connectivity index is 0.00000225. The largest absolute Gasteiger partial charge is 0.496 e. The minimum atomic E-state index is -0.886. The normalized spacial score (nSPS) is 11.2. The molecule has 0 aromatic heterocycles. The van der Waals surface area contributed by atoms with Gasteiger partial charge in [0, 0.05) is 10.6 Å². The van der Waals surface area contributed by atoms with Gasteiger partial charge >= 0.3 is 5.97 Å². The molecule has 0 bridgehead atoms. The summed E-state index contributed by atoms with van der Waals surface area (Å²) in [5, 5.41) is 0.491. The van der Waals surface area contributed by atoms with Gasteiger partial charge in [0.1, 0.15) is 11.8 Å². The third kappa shape index (κ3) is 3.27. The van der Waals surface area contributed by atoms with Gasteiger partial charge in [-0.25, -0.2) is 0 Å². The second kappa shape index (κ2) is 6.58. The summed E-state index contributed by atoms with van der Waals surface area (Å²) in [4.78, 5) is 11.2. The number of halogens is 2. The van der Waals surface area contributed by atoms with E-state index in [0.717, 1.165) is 0 Å². The van der Waals surface area contributed by atoms with Gasteiger partial charge in [-0.2, -0.15) is 0 Å². The molecule has 0 fully saturated rings. The number of hydrogen-bond acceptors (Lipinski definition) is 4. The monoisotopic (exact) mass is 265 g/mol. The Bertz CT molecular complexity index is 371. The van der Waals surface area contributed by atoms with Crippen LogP contribution in [0.25, 0.3) is 0 Å². The van der Waals surface area contributed by atoms with Crippen LogP contribution in [0.4, 0.5) is 0 Å². The molecular weight excluding hydrogens is 253 g/mol. The van der Waals surface area contributed by atoms with Crippen LogP contribution in [0.15, 0.2) is 18.2 Å². The number of esters is 1. The van der Waals surface area contributed by atoms with Gasteiger partial charge in [0.05, 0.1) is 14.2 Å². The van der Waals surface area contributed by atoms with Crippen LogP contribution in [0.5, 0.6) is 5.75 Å². The second-order valence-corrected chi connectivity index (χ2v) is 3.32. The van der Waals surface area contributed by atoms with Crippen molar-refractivity contribution < 1.29 is 14.3 Å². The SMILES string of the molecule is COC(=O)C(N)c1cc(Cl)ccc1OC.Cl. The molecule has 0 saturated heterocycles. The van der Waals surface area contributed by atoms with Crippen molar-refractivity contribution in [2.75, 3.05) is 14.2 Å². The molecule has 0 spiro atoms. The minimum absolute atomic E-state index is 0. The summed E-state index contributed by atoms with van der Waals surface area (Å²) in [5.41, 5.74) is 6.19. The molecule has 1 unspecified atom stereocenters. The Morgan fingerprint density at radius 1 is 1.44 bits per heavy atom. The van der Waals surface area contributed by atoms with E-state index in [9.17, 15) is 4.79 Å². The molecule has 0 amide bonds. The Kier molecular flexibility index (Phi) is 6.18. The first-order chi connectivity index (χ1) is 7.10. The van der Waals surface area contributed by atoms with Gasteiger partial charge in [0.15, 0.2) is 0 Å². The summed E-state index contributed by atoms with van der Waals surface area (Å²) >= 11 is 5.80. The molecule has 6 heteroatoms. The summed E-state index contributed by atoms with van der Waals surface area (Å²) in [6, 6.07) is 4.01. The molecule has 0 aliphatic carbocycles. The molecule has 0 aliphatic rings. The van der Waals surface area contributed by atoms with Crippen LogP contribution in [-0.2, 0) is 9.53 Å². The van der Waals surface area contributed by atoms with Crippen LogP contribution in [0.2, 0.25) is 5.02 Å². The first kappa shape index (κ1) is 15.0. The zero-order chi connectivity index (χ0) is 11.4. The molecule has 0 aliphatic heterocycles. The molecule has 1 rings (SSSR count). The molecule has 0 heterocycles. The van der Waals surface area contributed by atoms with Gasteiger partial charge in [-0.05, 0) is 18.2 Å². The van der Waals surface area contributed by atoms with Crippen molar-refractivity contribution in [3.8, 4) is 5.75 Å². The lowest BCUT2D eigenvalue weighted by molar-refractivity contribution is -0.142. The quantitative estimate of drug-likeness (QED) is 0.849. The molecule has 1 aromatic rings. The van der Waals surface area contributed by atoms with Gasteiger partial charge in [0.25, 0.3) is 0 Å². The maximum absolute atomic E-state index is 11.2. The van der Waals surface area contributed by atoms with E-state index in [1.165, 1.54) is 14.2 Å². The number of methoxy groups -OCH3 is 2. The van der Waals surface area contributed by atoms with E-state index in [-0.39, 0.29) is 12.4 Å². The van der Waals surface area contributed by atoms with E-state index < -0.39 is 12.0 Å². The van der Waals surface area contributed by atoms with E-state index >= 15 is 0 Å². The number of nitrogens with two attached hydrogens (primary N) is 1. The fourth-order valence-corrected chi connectivity index (χ4v) is 1.38. The van der Waals surface area contributed by atoms with Crippen LogP contribution in [0, 0.1) is 0 Å². The van der Waals surface area contributed by atoms with Crippen LogP contribution in [-0.4, -0.2) is 20.2 Å². The topological polar surface area (TPSA) is 61.5 Å². The van der Waals surface area contributed by atoms with Gasteiger partial charge in [-0.3, -0.25) is 4.79 Å². The highest BCUT2D eigenvalue weighted by Crippen LogP contribution is 2.27. The smallest absolute Gasteiger partial charge is 0.327 e. The lowest BCUT2D eigenvalue weighted by Crippen LogP contribution is -2.23. The van der Waals surface area contributed by atoms with Gasteiger partial charge in [-0.15, -0.1) is 12.4 Å². The van der Waals surface area contributed by atoms with Gasteiger partial charge in [-0.1, -0.05) is 11.6 Å². The van der Waals surface area contributed by atoms with Gasteiger partial charge in [0.2, 0.25) is 0 Å². The predicted molar refractivity (Wildman–Crippen MR) is 64.2 cm³/mol. The first-order valence-corrected chi connectivity index (χ1v) is 4.64. The van der Waals surface area contributed by atoms with Crippen molar-refractivity contribution in [2.45, 2.75) is 6.04 Å². The maximum atomic E-state index is 11.2. The van der Waals surface area contributed by atoms with Crippen molar-refractivity contribution in [1.82, 2.24) is 0 Å². The molecule has 90 valence electrons. The standard InChI is InChI=1S/C10H12ClNO3.ClH/c1-14-8-4-3-6(11)5-7(8)9(12)10(13)15-2;/h3-5,9H,12H2,1-2H3;1H. The van der Waals surface area contributed by atoms with Crippen molar-refractivity contribution >= 4 is 30.0 Å². The first-order valence-electron chi connectivity index (χ1n) is 4.27. The molecule has 1 atom stereocenters. The lowest BCUT2D eigenvalue weighted by Gasteiger charge is -2.13. The summed E-state index contributed by atoms with van der Waals surface area (Å²) < 4.78 is 9.61. The Morgan fingerprint density at radius 2 is 2.06 bits per heavy atom. The average molecular weight is 266 g/mol. The molecular formula is C10H13Cl2NO3. The van der Waals surface area contributed by atoms with Crippen LogP contribution in [0.3, 0.4) is 0 Å². The number of carbonyl (C=O) groups excluding carboxylic acids is 1. The molecule has 0 radical (unpaired) electrons. The van der Waals surface area contributed by atoms with Crippen LogP contribution < -0.4 is 10.5 Å². The Hall–Kier alpha value is -0.970. The van der Waals surface area contributed by atoms with Gasteiger partial charge < -0.3 is 15.2 Å². The number of benzene rings is 1. The third-order valence-corrected chi connectivity index (χ3v) is 2.22. The second-order valence-electron chi connectivity index (χ2n) is 2.89. The molecule has 16 heavy (non-hydrogen) atoms. The highest BCUT2D eigenvalue weighted by atomic mass is 35.5. The van der Waals surface area contributed by atoms with Crippen LogP contribution in [0.1, 0.15) is 11.6 Å². The Labute approximate surface area is 105 Å².